The van der Waals surface area contributed by atoms with Gasteiger partial charge in [-0.05, 0) is 64.5 Å². The maximum Gasteiger partial charge on any atom is 0.415 e. The van der Waals surface area contributed by atoms with E-state index in [1.165, 1.54) is 17.3 Å². The molecule has 3 heterocycles. The highest BCUT2D eigenvalue weighted by Crippen LogP contribution is 2.42. The maximum absolute atomic E-state index is 12.9. The van der Waals surface area contributed by atoms with Crippen molar-refractivity contribution < 1.29 is 48.0 Å². The summed E-state index contributed by atoms with van der Waals surface area (Å²) in [5, 5.41) is 18.4. The summed E-state index contributed by atoms with van der Waals surface area (Å²) < 4.78 is 29.0. The molecule has 4 N–H and O–H groups in total. The number of hydrogen-bond donors (Lipinski definition) is 3. The summed E-state index contributed by atoms with van der Waals surface area (Å²) in [5.41, 5.74) is 4.41. The second kappa shape index (κ2) is 14.9. The Hall–Kier alpha value is -3.82. The van der Waals surface area contributed by atoms with Gasteiger partial charge in [0.15, 0.2) is 11.9 Å². The third-order valence-corrected chi connectivity index (χ3v) is 8.64. The van der Waals surface area contributed by atoms with Crippen molar-refractivity contribution in [3.8, 4) is 0 Å². The molecule has 0 radical (unpaired) electrons. The number of anilines is 1. The molecule has 15 nitrogen and oxygen atoms in total. The number of amides is 1. The van der Waals surface area contributed by atoms with Crippen LogP contribution in [0, 0.1) is 17.3 Å². The highest BCUT2D eigenvalue weighted by atomic mass is 16.7. The lowest BCUT2D eigenvalue weighted by Crippen LogP contribution is -2.46. The van der Waals surface area contributed by atoms with Gasteiger partial charge in [0.1, 0.15) is 42.3 Å². The predicted octanol–water partition coefficient (Wildman–Crippen LogP) is 3.21. The summed E-state index contributed by atoms with van der Waals surface area (Å²) >= 11 is 0. The molecule has 0 unspecified atom stereocenters. The lowest BCUT2D eigenvalue weighted by atomic mass is 9.87. The SMILES string of the molecule is CC(C)[C@H](N)C(=O)O[C@H]1[C@@H](O)[C@](C)(c2ccc3c(NC(=O)OCOC(=O)C(C)(C)C)ncnn23)O[C@@H]1COC(=O)CC1CCCCC1. The third kappa shape index (κ3) is 8.56. The van der Waals surface area contributed by atoms with Crippen LogP contribution in [-0.2, 0) is 43.7 Å². The summed E-state index contributed by atoms with van der Waals surface area (Å²) in [6.07, 6.45) is 2.14. The molecule has 47 heavy (non-hydrogen) atoms. The van der Waals surface area contributed by atoms with E-state index < -0.39 is 60.2 Å². The Morgan fingerprint density at radius 1 is 1.13 bits per heavy atom. The summed E-state index contributed by atoms with van der Waals surface area (Å²) in [4.78, 5) is 54.2. The van der Waals surface area contributed by atoms with E-state index in [2.05, 4.69) is 15.4 Å². The average molecular weight is 662 g/mol. The summed E-state index contributed by atoms with van der Waals surface area (Å²) in [6.45, 7) is 9.29. The van der Waals surface area contributed by atoms with E-state index in [9.17, 15) is 24.3 Å². The average Bonchev–Trinajstić information content (AvgIpc) is 3.56. The molecule has 1 amide bonds. The molecule has 2 aliphatic rings. The number of aliphatic hydroxyl groups is 1. The Morgan fingerprint density at radius 2 is 1.83 bits per heavy atom. The molecule has 0 aromatic carbocycles. The molecule has 1 aliphatic heterocycles. The van der Waals surface area contributed by atoms with Crippen molar-refractivity contribution in [3.63, 3.8) is 0 Å². The molecule has 1 aliphatic carbocycles. The van der Waals surface area contributed by atoms with Crippen LogP contribution in [0.5, 0.6) is 0 Å². The second-order valence-electron chi connectivity index (χ2n) is 13.8. The summed E-state index contributed by atoms with van der Waals surface area (Å²) in [6, 6.07) is 2.26. The van der Waals surface area contributed by atoms with Crippen LogP contribution < -0.4 is 11.1 Å². The molecule has 260 valence electrons. The van der Waals surface area contributed by atoms with Gasteiger partial charge in [-0.25, -0.2) is 14.3 Å². The highest BCUT2D eigenvalue weighted by molar-refractivity contribution is 5.88. The van der Waals surface area contributed by atoms with Crippen LogP contribution >= 0.6 is 0 Å². The van der Waals surface area contributed by atoms with Crippen LogP contribution in [-0.4, -0.2) is 81.5 Å². The second-order valence-corrected chi connectivity index (χ2v) is 13.8. The molecule has 0 spiro atoms. The van der Waals surface area contributed by atoms with E-state index in [0.717, 1.165) is 25.7 Å². The maximum atomic E-state index is 12.9. The first-order chi connectivity index (χ1) is 22.1. The van der Waals surface area contributed by atoms with E-state index in [1.807, 2.05) is 0 Å². The van der Waals surface area contributed by atoms with Crippen molar-refractivity contribution >= 4 is 35.3 Å². The molecular weight excluding hydrogens is 614 g/mol. The fourth-order valence-corrected chi connectivity index (χ4v) is 5.69. The van der Waals surface area contributed by atoms with Gasteiger partial charge in [0.25, 0.3) is 0 Å². The smallest absolute Gasteiger partial charge is 0.415 e. The number of fused-ring (bicyclic) bond motifs is 1. The van der Waals surface area contributed by atoms with Crippen molar-refractivity contribution in [2.45, 2.75) is 110 Å². The minimum Gasteiger partial charge on any atom is -0.463 e. The van der Waals surface area contributed by atoms with Crippen LogP contribution in [0.1, 0.15) is 85.8 Å². The van der Waals surface area contributed by atoms with Crippen molar-refractivity contribution in [1.82, 2.24) is 14.6 Å². The van der Waals surface area contributed by atoms with E-state index in [-0.39, 0.29) is 36.7 Å². The lowest BCUT2D eigenvalue weighted by molar-refractivity contribution is -0.163. The van der Waals surface area contributed by atoms with E-state index in [1.54, 1.807) is 53.7 Å². The number of ether oxygens (including phenoxy) is 5. The number of nitrogens with two attached hydrogens (primary N) is 1. The monoisotopic (exact) mass is 661 g/mol. The molecular formula is C32H47N5O10. The number of aliphatic hydroxyl groups excluding tert-OH is 1. The number of hydrogen-bond acceptors (Lipinski definition) is 13. The van der Waals surface area contributed by atoms with E-state index in [0.29, 0.717) is 11.2 Å². The van der Waals surface area contributed by atoms with Gasteiger partial charge in [0, 0.05) is 6.42 Å². The van der Waals surface area contributed by atoms with E-state index >= 15 is 0 Å². The molecule has 2 aromatic heterocycles. The van der Waals surface area contributed by atoms with Gasteiger partial charge in [-0.1, -0.05) is 33.1 Å². The molecule has 5 atom stereocenters. The minimum absolute atomic E-state index is 0.0635. The molecule has 1 saturated heterocycles. The number of aromatic nitrogens is 3. The number of rotatable bonds is 11. The Labute approximate surface area is 273 Å². The zero-order valence-corrected chi connectivity index (χ0v) is 27.9. The van der Waals surface area contributed by atoms with Crippen LogP contribution in [0.25, 0.3) is 5.52 Å². The largest absolute Gasteiger partial charge is 0.463 e. The Kier molecular flexibility index (Phi) is 11.5. The minimum atomic E-state index is -1.52. The number of esters is 3. The van der Waals surface area contributed by atoms with Crippen LogP contribution in [0.4, 0.5) is 10.6 Å². The number of carbonyl (C=O) groups is 4. The van der Waals surface area contributed by atoms with Gasteiger partial charge < -0.3 is 34.5 Å². The lowest BCUT2D eigenvalue weighted by Gasteiger charge is -2.28. The third-order valence-electron chi connectivity index (χ3n) is 8.64. The number of nitrogens with one attached hydrogen (secondary N) is 1. The Morgan fingerprint density at radius 3 is 2.49 bits per heavy atom. The quantitative estimate of drug-likeness (QED) is 0.180. The first kappa shape index (κ1) is 36.0. The molecule has 0 bridgehead atoms. The van der Waals surface area contributed by atoms with Crippen LogP contribution in [0.2, 0.25) is 0 Å². The number of nitrogens with zero attached hydrogens (tertiary/aromatic N) is 3. The van der Waals surface area contributed by atoms with Gasteiger partial charge in [0.2, 0.25) is 6.79 Å². The zero-order valence-electron chi connectivity index (χ0n) is 27.9. The van der Waals surface area contributed by atoms with Crippen molar-refractivity contribution in [2.75, 3.05) is 18.7 Å². The van der Waals surface area contributed by atoms with Crippen molar-refractivity contribution in [1.29, 1.82) is 0 Å². The fraction of sp³-hybridized carbons (Fsp3) is 0.688. The van der Waals surface area contributed by atoms with Crippen LogP contribution in [0.3, 0.4) is 0 Å². The summed E-state index contributed by atoms with van der Waals surface area (Å²) in [7, 11) is 0. The summed E-state index contributed by atoms with van der Waals surface area (Å²) in [5.74, 6) is -1.55. The topological polar surface area (TPSA) is 203 Å². The fourth-order valence-electron chi connectivity index (χ4n) is 5.69. The van der Waals surface area contributed by atoms with Gasteiger partial charge in [-0.15, -0.1) is 0 Å². The standard InChI is InChI=1S/C32H47N5O10/c1-18(2)24(33)28(40)46-25-21(15-43-23(38)14-19-10-8-7-9-11-19)47-32(6,26(25)39)22-13-12-20-27(34-16-35-37(20)22)36-30(42)45-17-44-29(41)31(3,4)5/h12-13,16,18-19,21,24-26,39H,7-11,14-15,17,33H2,1-6H3,(H,34,35,36,42)/t21-,24+,25-,26-,32+/m1/s1. The molecule has 4 rings (SSSR count). The molecule has 1 saturated carbocycles. The predicted molar refractivity (Wildman–Crippen MR) is 167 cm³/mol. The molecule has 15 heteroatoms. The first-order valence-electron chi connectivity index (χ1n) is 16.0. The van der Waals surface area contributed by atoms with Crippen molar-refractivity contribution in [3.05, 3.63) is 24.2 Å². The molecule has 2 fully saturated rings. The van der Waals surface area contributed by atoms with Crippen molar-refractivity contribution in [2.24, 2.45) is 23.0 Å². The normalized spacial score (nSPS) is 24.1. The highest BCUT2D eigenvalue weighted by Gasteiger charge is 2.56. The first-order valence-corrected chi connectivity index (χ1v) is 16.0. The van der Waals surface area contributed by atoms with E-state index in [4.69, 9.17) is 29.4 Å². The van der Waals surface area contributed by atoms with Crippen LogP contribution in [0.15, 0.2) is 18.5 Å². The Balaban J connectivity index is 1.52. The number of carbonyl (C=O) groups excluding carboxylic acids is 4. The van der Waals surface area contributed by atoms with Gasteiger partial charge in [-0.3, -0.25) is 19.7 Å². The Bertz CT molecular complexity index is 1430. The molecule has 2 aromatic rings. The van der Waals surface area contributed by atoms with Gasteiger partial charge in [-0.2, -0.15) is 5.10 Å². The van der Waals surface area contributed by atoms with Gasteiger partial charge in [0.05, 0.1) is 11.1 Å². The zero-order chi connectivity index (χ0) is 34.5. The van der Waals surface area contributed by atoms with Gasteiger partial charge >= 0.3 is 24.0 Å².